The third-order valence-corrected chi connectivity index (χ3v) is 4.02. The summed E-state index contributed by atoms with van der Waals surface area (Å²) in [6.07, 6.45) is 6.62. The number of rotatable bonds is 7. The number of nitrogens with zero attached hydrogens (tertiary/aromatic N) is 1. The van der Waals surface area contributed by atoms with Gasteiger partial charge >= 0.3 is 0 Å². The number of terminal acetylenes is 1. The van der Waals surface area contributed by atoms with Crippen LogP contribution in [0, 0.1) is 12.3 Å². The lowest BCUT2D eigenvalue weighted by atomic mass is 10.2. The lowest BCUT2D eigenvalue weighted by Gasteiger charge is -2.12. The molecule has 2 rings (SSSR count). The maximum atomic E-state index is 12.1. The highest BCUT2D eigenvalue weighted by Gasteiger charge is 2.12. The summed E-state index contributed by atoms with van der Waals surface area (Å²) >= 11 is 18.0. The summed E-state index contributed by atoms with van der Waals surface area (Å²) in [6.45, 7) is 2.30. The molecule has 0 heterocycles. The summed E-state index contributed by atoms with van der Waals surface area (Å²) in [7, 11) is 0. The van der Waals surface area contributed by atoms with Crippen LogP contribution in [0.3, 0.4) is 0 Å². The van der Waals surface area contributed by atoms with Crippen molar-refractivity contribution in [2.45, 2.75) is 6.92 Å². The number of carbonyl (C=O) groups excluding carboxylic acids is 1. The van der Waals surface area contributed by atoms with Crippen LogP contribution in [-0.4, -0.2) is 25.3 Å². The van der Waals surface area contributed by atoms with Crippen molar-refractivity contribution in [2.75, 3.05) is 13.2 Å². The van der Waals surface area contributed by atoms with Crippen molar-refractivity contribution >= 4 is 46.9 Å². The van der Waals surface area contributed by atoms with Gasteiger partial charge in [-0.15, -0.1) is 6.42 Å². The standard InChI is InChI=1S/C19H15Cl3N2O3/c1-3-7-27-18-16(22)8-12(9-17(18)26-4-2)11-23-24-19(25)14-6-5-13(20)10-15(14)21/h1,5-6,8-11H,4,7H2,2H3,(H,24,25)/b23-11-. The third kappa shape index (κ3) is 5.80. The molecule has 0 spiro atoms. The second-order valence-corrected chi connectivity index (χ2v) is 6.33. The molecule has 27 heavy (non-hydrogen) atoms. The zero-order chi connectivity index (χ0) is 19.8. The van der Waals surface area contributed by atoms with E-state index < -0.39 is 5.91 Å². The lowest BCUT2D eigenvalue weighted by Crippen LogP contribution is -2.18. The van der Waals surface area contributed by atoms with Crippen molar-refractivity contribution in [1.29, 1.82) is 0 Å². The van der Waals surface area contributed by atoms with Gasteiger partial charge in [0.2, 0.25) is 0 Å². The van der Waals surface area contributed by atoms with E-state index in [0.717, 1.165) is 0 Å². The van der Waals surface area contributed by atoms with Gasteiger partial charge in [-0.1, -0.05) is 40.7 Å². The van der Waals surface area contributed by atoms with Crippen LogP contribution in [0.25, 0.3) is 0 Å². The molecule has 0 atom stereocenters. The predicted molar refractivity (Wildman–Crippen MR) is 108 cm³/mol. The van der Waals surface area contributed by atoms with E-state index in [-0.39, 0.29) is 17.2 Å². The molecule has 1 N–H and O–H groups in total. The minimum absolute atomic E-state index is 0.0607. The van der Waals surface area contributed by atoms with Gasteiger partial charge in [0.15, 0.2) is 11.5 Å². The Balaban J connectivity index is 2.16. The molecule has 0 saturated carbocycles. The Kier molecular flexibility index (Phi) is 7.81. The number of amides is 1. The monoisotopic (exact) mass is 424 g/mol. The highest BCUT2D eigenvalue weighted by molar-refractivity contribution is 6.36. The molecule has 0 unspecified atom stereocenters. The van der Waals surface area contributed by atoms with Gasteiger partial charge in [0.25, 0.3) is 5.91 Å². The van der Waals surface area contributed by atoms with Crippen LogP contribution in [0.2, 0.25) is 15.1 Å². The van der Waals surface area contributed by atoms with E-state index >= 15 is 0 Å². The second-order valence-electron chi connectivity index (χ2n) is 5.08. The molecule has 1 amide bonds. The van der Waals surface area contributed by atoms with Gasteiger partial charge in [-0.2, -0.15) is 5.10 Å². The number of nitrogens with one attached hydrogen (secondary N) is 1. The average Bonchev–Trinajstić information content (AvgIpc) is 2.61. The van der Waals surface area contributed by atoms with Gasteiger partial charge in [-0.25, -0.2) is 5.43 Å². The van der Waals surface area contributed by atoms with Crippen molar-refractivity contribution in [3.05, 3.63) is 56.5 Å². The molecule has 0 aliphatic rings. The first-order valence-corrected chi connectivity index (χ1v) is 8.90. The van der Waals surface area contributed by atoms with Gasteiger partial charge < -0.3 is 9.47 Å². The Labute approximate surface area is 172 Å². The van der Waals surface area contributed by atoms with Crippen LogP contribution in [0.1, 0.15) is 22.8 Å². The average molecular weight is 426 g/mol. The largest absolute Gasteiger partial charge is 0.490 e. The number of ether oxygens (including phenoxy) is 2. The van der Waals surface area contributed by atoms with Crippen LogP contribution < -0.4 is 14.9 Å². The van der Waals surface area contributed by atoms with E-state index in [2.05, 4.69) is 16.4 Å². The van der Waals surface area contributed by atoms with E-state index in [0.29, 0.717) is 33.7 Å². The van der Waals surface area contributed by atoms with E-state index in [1.807, 2.05) is 6.92 Å². The fourth-order valence-corrected chi connectivity index (χ4v) is 2.85. The number of hydrogen-bond donors (Lipinski definition) is 1. The third-order valence-electron chi connectivity index (χ3n) is 3.19. The molecule has 5 nitrogen and oxygen atoms in total. The summed E-state index contributed by atoms with van der Waals surface area (Å²) in [5.74, 6) is 2.67. The number of benzene rings is 2. The molecular weight excluding hydrogens is 411 g/mol. The van der Waals surface area contributed by atoms with E-state index in [9.17, 15) is 4.79 Å². The van der Waals surface area contributed by atoms with Crippen molar-refractivity contribution in [1.82, 2.24) is 5.43 Å². The smallest absolute Gasteiger partial charge is 0.272 e. The Morgan fingerprint density at radius 2 is 2.00 bits per heavy atom. The molecule has 140 valence electrons. The zero-order valence-corrected chi connectivity index (χ0v) is 16.5. The molecule has 0 bridgehead atoms. The van der Waals surface area contributed by atoms with Crippen molar-refractivity contribution in [3.63, 3.8) is 0 Å². The molecule has 0 saturated heterocycles. The number of carbonyl (C=O) groups is 1. The first-order valence-electron chi connectivity index (χ1n) is 7.77. The van der Waals surface area contributed by atoms with Crippen LogP contribution in [-0.2, 0) is 0 Å². The van der Waals surface area contributed by atoms with Crippen LogP contribution in [0.4, 0.5) is 0 Å². The van der Waals surface area contributed by atoms with Gasteiger partial charge in [-0.05, 0) is 42.8 Å². The van der Waals surface area contributed by atoms with E-state index in [4.69, 9.17) is 50.7 Å². The van der Waals surface area contributed by atoms with E-state index in [1.165, 1.54) is 18.3 Å². The fraction of sp³-hybridized carbons (Fsp3) is 0.158. The highest BCUT2D eigenvalue weighted by atomic mass is 35.5. The molecule has 0 aliphatic carbocycles. The molecule has 0 fully saturated rings. The summed E-state index contributed by atoms with van der Waals surface area (Å²) in [6, 6.07) is 7.84. The Morgan fingerprint density at radius 1 is 1.22 bits per heavy atom. The van der Waals surface area contributed by atoms with Gasteiger partial charge in [0.05, 0.1) is 28.4 Å². The van der Waals surface area contributed by atoms with Crippen LogP contribution in [0.15, 0.2) is 35.4 Å². The minimum atomic E-state index is -0.474. The maximum absolute atomic E-state index is 12.1. The maximum Gasteiger partial charge on any atom is 0.272 e. The molecule has 8 heteroatoms. The summed E-state index contributed by atoms with van der Waals surface area (Å²) in [5, 5.41) is 4.89. The molecule has 0 aromatic heterocycles. The zero-order valence-electron chi connectivity index (χ0n) is 14.3. The lowest BCUT2D eigenvalue weighted by molar-refractivity contribution is 0.0955. The van der Waals surface area contributed by atoms with Crippen LogP contribution in [0.5, 0.6) is 11.5 Å². The quantitative estimate of drug-likeness (QED) is 0.393. The van der Waals surface area contributed by atoms with E-state index in [1.54, 1.807) is 18.2 Å². The Hall–Kier alpha value is -2.39. The Bertz CT molecular complexity index is 908. The molecule has 2 aromatic rings. The SMILES string of the molecule is C#CCOc1c(Cl)cc(/C=N\NC(=O)c2ccc(Cl)cc2Cl)cc1OCC. The second kappa shape index (κ2) is 10.1. The van der Waals surface area contributed by atoms with Crippen molar-refractivity contribution in [3.8, 4) is 23.8 Å². The summed E-state index contributed by atoms with van der Waals surface area (Å²) < 4.78 is 10.9. The van der Waals surface area contributed by atoms with Gasteiger partial charge in [0, 0.05) is 5.02 Å². The highest BCUT2D eigenvalue weighted by Crippen LogP contribution is 2.36. The summed E-state index contributed by atoms with van der Waals surface area (Å²) in [5.41, 5.74) is 3.24. The molecule has 0 radical (unpaired) electrons. The Morgan fingerprint density at radius 3 is 2.67 bits per heavy atom. The fourth-order valence-electron chi connectivity index (χ4n) is 2.08. The first kappa shape index (κ1) is 20.9. The number of halogens is 3. The minimum Gasteiger partial charge on any atom is -0.490 e. The predicted octanol–water partition coefficient (Wildman–Crippen LogP) is 4.82. The molecule has 0 aliphatic heterocycles. The molecular formula is C19H15Cl3N2O3. The van der Waals surface area contributed by atoms with Crippen molar-refractivity contribution < 1.29 is 14.3 Å². The first-order chi connectivity index (χ1) is 13.0. The van der Waals surface area contributed by atoms with Crippen LogP contribution >= 0.6 is 34.8 Å². The normalized spacial score (nSPS) is 10.5. The van der Waals surface area contributed by atoms with Gasteiger partial charge in [-0.3, -0.25) is 4.79 Å². The number of hydrazone groups is 1. The number of hydrogen-bond acceptors (Lipinski definition) is 4. The molecule has 2 aromatic carbocycles. The van der Waals surface area contributed by atoms with Gasteiger partial charge in [0.1, 0.15) is 6.61 Å². The topological polar surface area (TPSA) is 59.9 Å². The van der Waals surface area contributed by atoms with Crippen molar-refractivity contribution in [2.24, 2.45) is 5.10 Å². The summed E-state index contributed by atoms with van der Waals surface area (Å²) in [4.78, 5) is 12.1.